The van der Waals surface area contributed by atoms with E-state index in [1.165, 1.54) is 0 Å². The van der Waals surface area contributed by atoms with Crippen molar-refractivity contribution in [2.24, 2.45) is 5.73 Å². The van der Waals surface area contributed by atoms with Crippen LogP contribution in [0.2, 0.25) is 0 Å². The Morgan fingerprint density at radius 2 is 2.32 bits per heavy atom. The zero-order valence-electron chi connectivity index (χ0n) is 10.5. The van der Waals surface area contributed by atoms with Gasteiger partial charge in [-0.3, -0.25) is 4.79 Å². The number of nitrogens with one attached hydrogen (secondary N) is 1. The molecule has 19 heavy (non-hydrogen) atoms. The Labute approximate surface area is 110 Å². The molecule has 0 bridgehead atoms. The Kier molecular flexibility index (Phi) is 4.00. The first kappa shape index (κ1) is 13.3. The smallest absolute Gasteiger partial charge is 0.320 e. The van der Waals surface area contributed by atoms with E-state index in [0.717, 1.165) is 12.4 Å². The van der Waals surface area contributed by atoms with Gasteiger partial charge in [-0.2, -0.15) is 0 Å². The summed E-state index contributed by atoms with van der Waals surface area (Å²) in [6.45, 7) is 2.04. The first-order chi connectivity index (χ1) is 9.08. The fourth-order valence-electron chi connectivity index (χ4n) is 1.92. The summed E-state index contributed by atoms with van der Waals surface area (Å²) in [5, 5.41) is 11.3. The lowest BCUT2D eigenvalue weighted by Crippen LogP contribution is -2.45. The second-order valence-electron chi connectivity index (χ2n) is 4.42. The Bertz CT molecular complexity index is 473. The SMILES string of the molecule is NC(CCNC(=O)N1CCn2ccnc2C1)C(=O)O. The van der Waals surface area contributed by atoms with Crippen molar-refractivity contribution in [3.63, 3.8) is 0 Å². The second-order valence-corrected chi connectivity index (χ2v) is 4.42. The number of carboxylic acid groups (broad SMARTS) is 1. The van der Waals surface area contributed by atoms with Gasteiger partial charge >= 0.3 is 12.0 Å². The number of aliphatic carboxylic acids is 1. The van der Waals surface area contributed by atoms with Crippen LogP contribution < -0.4 is 11.1 Å². The van der Waals surface area contributed by atoms with Gasteiger partial charge in [0.1, 0.15) is 11.9 Å². The number of carbonyl (C=O) groups is 2. The number of nitrogens with zero attached hydrogens (tertiary/aromatic N) is 3. The summed E-state index contributed by atoms with van der Waals surface area (Å²) in [5.74, 6) is -0.210. The summed E-state index contributed by atoms with van der Waals surface area (Å²) < 4.78 is 2.00. The molecule has 8 nitrogen and oxygen atoms in total. The number of hydrogen-bond donors (Lipinski definition) is 3. The molecule has 1 aromatic rings. The van der Waals surface area contributed by atoms with Gasteiger partial charge in [0.2, 0.25) is 0 Å². The molecule has 0 aliphatic carbocycles. The third-order valence-corrected chi connectivity index (χ3v) is 3.08. The maximum Gasteiger partial charge on any atom is 0.320 e. The fourth-order valence-corrected chi connectivity index (χ4v) is 1.92. The predicted octanol–water partition coefficient (Wildman–Crippen LogP) is -0.790. The number of carboxylic acids is 1. The lowest BCUT2D eigenvalue weighted by molar-refractivity contribution is -0.138. The van der Waals surface area contributed by atoms with Crippen LogP contribution in [0.1, 0.15) is 12.2 Å². The molecule has 2 rings (SSSR count). The first-order valence-electron chi connectivity index (χ1n) is 6.09. The highest BCUT2D eigenvalue weighted by Crippen LogP contribution is 2.09. The van der Waals surface area contributed by atoms with E-state index in [0.29, 0.717) is 13.1 Å². The van der Waals surface area contributed by atoms with Gasteiger partial charge in [0.15, 0.2) is 0 Å². The van der Waals surface area contributed by atoms with Gasteiger partial charge < -0.3 is 25.6 Å². The van der Waals surface area contributed by atoms with E-state index >= 15 is 0 Å². The number of carbonyl (C=O) groups excluding carboxylic acids is 1. The molecule has 0 fully saturated rings. The number of aromatic nitrogens is 2. The normalized spacial score (nSPS) is 15.7. The highest BCUT2D eigenvalue weighted by molar-refractivity contribution is 5.75. The number of urea groups is 1. The minimum Gasteiger partial charge on any atom is -0.480 e. The van der Waals surface area contributed by atoms with Crippen LogP contribution in [-0.2, 0) is 17.9 Å². The minimum absolute atomic E-state index is 0.212. The monoisotopic (exact) mass is 267 g/mol. The van der Waals surface area contributed by atoms with Crippen molar-refractivity contribution < 1.29 is 14.7 Å². The van der Waals surface area contributed by atoms with Crippen molar-refractivity contribution in [1.29, 1.82) is 0 Å². The van der Waals surface area contributed by atoms with E-state index < -0.39 is 12.0 Å². The summed E-state index contributed by atoms with van der Waals surface area (Å²) >= 11 is 0. The molecule has 1 aliphatic rings. The van der Waals surface area contributed by atoms with E-state index in [2.05, 4.69) is 10.3 Å². The van der Waals surface area contributed by atoms with Crippen LogP contribution >= 0.6 is 0 Å². The Balaban J connectivity index is 1.77. The standard InChI is InChI=1S/C11H17N5O3/c12-8(10(17)18)1-2-14-11(19)16-6-5-15-4-3-13-9(15)7-16/h3-4,8H,1-2,5-7,12H2,(H,14,19)(H,17,18). The van der Waals surface area contributed by atoms with E-state index in [4.69, 9.17) is 10.8 Å². The van der Waals surface area contributed by atoms with Crippen molar-refractivity contribution in [2.45, 2.75) is 25.6 Å². The summed E-state index contributed by atoms with van der Waals surface area (Å²) in [6.07, 6.45) is 3.81. The molecule has 1 unspecified atom stereocenters. The van der Waals surface area contributed by atoms with Gasteiger partial charge in [0.25, 0.3) is 0 Å². The zero-order chi connectivity index (χ0) is 13.8. The predicted molar refractivity (Wildman–Crippen MR) is 66.3 cm³/mol. The number of nitrogens with two attached hydrogens (primary N) is 1. The molecule has 104 valence electrons. The van der Waals surface area contributed by atoms with E-state index in [-0.39, 0.29) is 19.0 Å². The Hall–Kier alpha value is -2.09. The molecule has 0 radical (unpaired) electrons. The third-order valence-electron chi connectivity index (χ3n) is 3.08. The Morgan fingerprint density at radius 1 is 1.53 bits per heavy atom. The number of imidazole rings is 1. The minimum atomic E-state index is -1.06. The fraction of sp³-hybridized carbons (Fsp3) is 0.545. The number of fused-ring (bicyclic) bond motifs is 1. The van der Waals surface area contributed by atoms with Crippen molar-refractivity contribution >= 4 is 12.0 Å². The molecule has 8 heteroatoms. The molecule has 1 atom stereocenters. The molecule has 0 aromatic carbocycles. The quantitative estimate of drug-likeness (QED) is 0.661. The van der Waals surface area contributed by atoms with Gasteiger partial charge in [0, 0.05) is 32.0 Å². The number of rotatable bonds is 4. The summed E-state index contributed by atoms with van der Waals surface area (Å²) in [6, 6.07) is -1.16. The molecular weight excluding hydrogens is 250 g/mol. The molecule has 2 heterocycles. The molecule has 0 saturated heterocycles. The molecule has 0 saturated carbocycles. The van der Waals surface area contributed by atoms with Crippen LogP contribution in [-0.4, -0.2) is 50.7 Å². The molecule has 4 N–H and O–H groups in total. The third kappa shape index (κ3) is 3.22. The summed E-state index contributed by atoms with van der Waals surface area (Å²) in [4.78, 5) is 28.2. The van der Waals surface area contributed by atoms with E-state index in [9.17, 15) is 9.59 Å². The maximum absolute atomic E-state index is 11.9. The average Bonchev–Trinajstić information content (AvgIpc) is 2.85. The molecule has 2 amide bonds. The van der Waals surface area contributed by atoms with Crippen LogP contribution in [0.5, 0.6) is 0 Å². The average molecular weight is 267 g/mol. The highest BCUT2D eigenvalue weighted by Gasteiger charge is 2.21. The second kappa shape index (κ2) is 5.70. The molecule has 0 spiro atoms. The lowest BCUT2D eigenvalue weighted by Gasteiger charge is -2.27. The van der Waals surface area contributed by atoms with Gasteiger partial charge in [0.05, 0.1) is 6.54 Å². The van der Waals surface area contributed by atoms with Crippen LogP contribution in [0.3, 0.4) is 0 Å². The van der Waals surface area contributed by atoms with E-state index in [1.54, 1.807) is 11.1 Å². The topological polar surface area (TPSA) is 113 Å². The largest absolute Gasteiger partial charge is 0.480 e. The van der Waals surface area contributed by atoms with Crippen molar-refractivity contribution in [2.75, 3.05) is 13.1 Å². The molecular formula is C11H17N5O3. The molecule has 1 aliphatic heterocycles. The van der Waals surface area contributed by atoms with Crippen LogP contribution in [0, 0.1) is 0 Å². The van der Waals surface area contributed by atoms with Gasteiger partial charge in [-0.05, 0) is 6.42 Å². The molecule has 1 aromatic heterocycles. The number of amides is 2. The van der Waals surface area contributed by atoms with E-state index in [1.807, 2.05) is 10.8 Å². The zero-order valence-corrected chi connectivity index (χ0v) is 10.5. The van der Waals surface area contributed by atoms with Crippen molar-refractivity contribution in [3.05, 3.63) is 18.2 Å². The van der Waals surface area contributed by atoms with Gasteiger partial charge in [-0.1, -0.05) is 0 Å². The van der Waals surface area contributed by atoms with Crippen LogP contribution in [0.4, 0.5) is 4.79 Å². The van der Waals surface area contributed by atoms with Crippen LogP contribution in [0.25, 0.3) is 0 Å². The Morgan fingerprint density at radius 3 is 3.05 bits per heavy atom. The van der Waals surface area contributed by atoms with Crippen molar-refractivity contribution in [3.8, 4) is 0 Å². The van der Waals surface area contributed by atoms with Crippen molar-refractivity contribution in [1.82, 2.24) is 19.8 Å². The van der Waals surface area contributed by atoms with Crippen LogP contribution in [0.15, 0.2) is 12.4 Å². The summed E-state index contributed by atoms with van der Waals surface area (Å²) in [5.41, 5.74) is 5.35. The first-order valence-corrected chi connectivity index (χ1v) is 6.09. The lowest BCUT2D eigenvalue weighted by atomic mass is 10.2. The van der Waals surface area contributed by atoms with Gasteiger partial charge in [-0.15, -0.1) is 0 Å². The maximum atomic E-state index is 11.9. The van der Waals surface area contributed by atoms with Gasteiger partial charge in [-0.25, -0.2) is 9.78 Å². The highest BCUT2D eigenvalue weighted by atomic mass is 16.4. The number of hydrogen-bond acceptors (Lipinski definition) is 4. The summed E-state index contributed by atoms with van der Waals surface area (Å²) in [7, 11) is 0.